The van der Waals surface area contributed by atoms with Crippen LogP contribution in [0.25, 0.3) is 0 Å². The van der Waals surface area contributed by atoms with Gasteiger partial charge in [-0.3, -0.25) is 9.59 Å². The van der Waals surface area contributed by atoms with E-state index in [1.807, 2.05) is 13.8 Å². The van der Waals surface area contributed by atoms with Crippen molar-refractivity contribution in [1.29, 1.82) is 0 Å². The van der Waals surface area contributed by atoms with Gasteiger partial charge in [0.1, 0.15) is 0 Å². The minimum Gasteiger partial charge on any atom is -0.341 e. The van der Waals surface area contributed by atoms with Crippen LogP contribution in [0.15, 0.2) is 18.2 Å². The Labute approximate surface area is 141 Å². The largest absolute Gasteiger partial charge is 0.341 e. The highest BCUT2D eigenvalue weighted by Gasteiger charge is 2.37. The Hall–Kier alpha value is -1.98. The molecule has 24 heavy (non-hydrogen) atoms. The van der Waals surface area contributed by atoms with Crippen LogP contribution in [-0.2, 0) is 16.1 Å². The Balaban J connectivity index is 2.00. The van der Waals surface area contributed by atoms with Crippen molar-refractivity contribution in [3.63, 3.8) is 0 Å². The molecule has 0 aliphatic carbocycles. The number of benzene rings is 1. The molecule has 1 aliphatic heterocycles. The second kappa shape index (κ2) is 7.73. The Morgan fingerprint density at radius 3 is 2.54 bits per heavy atom. The number of hydrogen-bond acceptors (Lipinski definition) is 2. The molecular formula is C18H24F2N2O2. The van der Waals surface area contributed by atoms with Crippen LogP contribution < -0.4 is 0 Å². The number of hydrogen-bond donors (Lipinski definition) is 0. The molecule has 1 aliphatic rings. The van der Waals surface area contributed by atoms with E-state index in [-0.39, 0.29) is 36.7 Å². The number of carbonyl (C=O) groups excluding carboxylic acids is 2. The van der Waals surface area contributed by atoms with E-state index in [1.54, 1.807) is 11.9 Å². The third-order valence-electron chi connectivity index (χ3n) is 4.67. The first-order valence-electron chi connectivity index (χ1n) is 8.35. The molecular weight excluding hydrogens is 314 g/mol. The van der Waals surface area contributed by atoms with Gasteiger partial charge in [-0.15, -0.1) is 0 Å². The van der Waals surface area contributed by atoms with Gasteiger partial charge in [-0.2, -0.15) is 0 Å². The van der Waals surface area contributed by atoms with Gasteiger partial charge in [-0.1, -0.05) is 19.9 Å². The van der Waals surface area contributed by atoms with Crippen LogP contribution in [0.1, 0.15) is 38.7 Å². The van der Waals surface area contributed by atoms with Gasteiger partial charge >= 0.3 is 0 Å². The van der Waals surface area contributed by atoms with Gasteiger partial charge in [0.2, 0.25) is 11.8 Å². The van der Waals surface area contributed by atoms with Gasteiger partial charge in [-0.25, -0.2) is 8.78 Å². The lowest BCUT2D eigenvalue weighted by molar-refractivity contribution is -0.135. The maximum atomic E-state index is 13.3. The van der Waals surface area contributed by atoms with Crippen molar-refractivity contribution in [1.82, 2.24) is 9.80 Å². The Morgan fingerprint density at radius 2 is 1.96 bits per heavy atom. The smallest absolute Gasteiger partial charge is 0.228 e. The van der Waals surface area contributed by atoms with Crippen molar-refractivity contribution in [2.24, 2.45) is 5.92 Å². The van der Waals surface area contributed by atoms with E-state index in [4.69, 9.17) is 0 Å². The summed E-state index contributed by atoms with van der Waals surface area (Å²) in [5, 5.41) is 0. The molecule has 1 aromatic carbocycles. The lowest BCUT2D eigenvalue weighted by atomic mass is 10.1. The highest BCUT2D eigenvalue weighted by atomic mass is 19.2. The van der Waals surface area contributed by atoms with E-state index in [0.717, 1.165) is 25.0 Å². The van der Waals surface area contributed by atoms with E-state index in [2.05, 4.69) is 0 Å². The highest BCUT2D eigenvalue weighted by molar-refractivity contribution is 5.89. The molecule has 0 saturated carbocycles. The monoisotopic (exact) mass is 338 g/mol. The number of halogens is 2. The van der Waals surface area contributed by atoms with E-state index in [0.29, 0.717) is 12.1 Å². The second-order valence-corrected chi connectivity index (χ2v) is 6.36. The molecule has 2 rings (SSSR count). The van der Waals surface area contributed by atoms with Gasteiger partial charge < -0.3 is 9.80 Å². The lowest BCUT2D eigenvalue weighted by Crippen LogP contribution is -2.38. The van der Waals surface area contributed by atoms with Gasteiger partial charge in [0, 0.05) is 32.6 Å². The molecule has 1 heterocycles. The number of carbonyl (C=O) groups is 2. The van der Waals surface area contributed by atoms with E-state index in [9.17, 15) is 18.4 Å². The van der Waals surface area contributed by atoms with Crippen LogP contribution in [0.2, 0.25) is 0 Å². The molecule has 0 N–H and O–H groups in total. The summed E-state index contributed by atoms with van der Waals surface area (Å²) >= 11 is 0. The zero-order valence-corrected chi connectivity index (χ0v) is 14.4. The molecule has 0 spiro atoms. The van der Waals surface area contributed by atoms with Gasteiger partial charge in [0.05, 0.1) is 5.92 Å². The van der Waals surface area contributed by atoms with E-state index >= 15 is 0 Å². The van der Waals surface area contributed by atoms with Gasteiger partial charge in [-0.05, 0) is 30.5 Å². The molecule has 0 aromatic heterocycles. The Bertz CT molecular complexity index is 617. The van der Waals surface area contributed by atoms with Crippen LogP contribution in [0, 0.1) is 17.6 Å². The average molecular weight is 338 g/mol. The summed E-state index contributed by atoms with van der Waals surface area (Å²) in [5.74, 6) is -2.32. The fourth-order valence-electron chi connectivity index (χ4n) is 3.28. The van der Waals surface area contributed by atoms with Gasteiger partial charge in [0.15, 0.2) is 11.6 Å². The minimum atomic E-state index is -0.927. The Kier molecular flexibility index (Phi) is 5.91. The lowest BCUT2D eigenvalue weighted by Gasteiger charge is -2.26. The molecule has 132 valence electrons. The molecule has 1 saturated heterocycles. The second-order valence-electron chi connectivity index (χ2n) is 6.36. The predicted octanol–water partition coefficient (Wildman–Crippen LogP) is 2.96. The van der Waals surface area contributed by atoms with Crippen molar-refractivity contribution < 1.29 is 18.4 Å². The van der Waals surface area contributed by atoms with E-state index in [1.165, 1.54) is 11.0 Å². The molecule has 1 aromatic rings. The Morgan fingerprint density at radius 1 is 1.29 bits per heavy atom. The highest BCUT2D eigenvalue weighted by Crippen LogP contribution is 2.25. The summed E-state index contributed by atoms with van der Waals surface area (Å²) in [6, 6.07) is 3.77. The standard InChI is InChI=1S/C18H24F2N2O2/c1-4-14(5-2)22-11-13(9-17(22)23)18(24)21(3)10-12-6-7-15(19)16(20)8-12/h6-8,13-14H,4-5,9-11H2,1-3H3. The molecule has 4 nitrogen and oxygen atoms in total. The van der Waals surface area contributed by atoms with Crippen LogP contribution >= 0.6 is 0 Å². The fourth-order valence-corrected chi connectivity index (χ4v) is 3.28. The molecule has 2 amide bonds. The number of nitrogens with zero attached hydrogens (tertiary/aromatic N) is 2. The normalized spacial score (nSPS) is 17.7. The molecule has 0 bridgehead atoms. The number of rotatable bonds is 6. The number of amides is 2. The first kappa shape index (κ1) is 18.4. The fraction of sp³-hybridized carbons (Fsp3) is 0.556. The topological polar surface area (TPSA) is 40.6 Å². The molecule has 1 fully saturated rings. The summed E-state index contributed by atoms with van der Waals surface area (Å²) in [7, 11) is 1.62. The first-order valence-corrected chi connectivity index (χ1v) is 8.35. The van der Waals surface area contributed by atoms with Crippen LogP contribution in [0.3, 0.4) is 0 Å². The molecule has 1 atom stereocenters. The number of likely N-dealkylation sites (tertiary alicyclic amines) is 1. The third-order valence-corrected chi connectivity index (χ3v) is 4.67. The molecule has 6 heteroatoms. The minimum absolute atomic E-state index is 0.0169. The van der Waals surface area contributed by atoms with Crippen molar-refractivity contribution in [2.45, 2.75) is 45.7 Å². The maximum absolute atomic E-state index is 13.3. The van der Waals surface area contributed by atoms with Crippen molar-refractivity contribution in [3.8, 4) is 0 Å². The first-order chi connectivity index (χ1) is 11.4. The van der Waals surface area contributed by atoms with Crippen LogP contribution in [0.5, 0.6) is 0 Å². The average Bonchev–Trinajstić information content (AvgIpc) is 2.93. The SMILES string of the molecule is CCC(CC)N1CC(C(=O)N(C)Cc2ccc(F)c(F)c2)CC1=O. The summed E-state index contributed by atoms with van der Waals surface area (Å²) in [4.78, 5) is 28.0. The zero-order chi connectivity index (χ0) is 17.9. The quantitative estimate of drug-likeness (QED) is 0.800. The maximum Gasteiger partial charge on any atom is 0.228 e. The summed E-state index contributed by atoms with van der Waals surface area (Å²) in [5.41, 5.74) is 0.519. The third kappa shape index (κ3) is 3.91. The molecule has 0 radical (unpaired) electrons. The molecule has 1 unspecified atom stereocenters. The summed E-state index contributed by atoms with van der Waals surface area (Å²) < 4.78 is 26.2. The van der Waals surface area contributed by atoms with Crippen LogP contribution in [-0.4, -0.2) is 41.2 Å². The van der Waals surface area contributed by atoms with Crippen molar-refractivity contribution in [3.05, 3.63) is 35.4 Å². The summed E-state index contributed by atoms with van der Waals surface area (Å²) in [6.07, 6.45) is 1.96. The van der Waals surface area contributed by atoms with Crippen molar-refractivity contribution in [2.75, 3.05) is 13.6 Å². The zero-order valence-electron chi connectivity index (χ0n) is 14.4. The van der Waals surface area contributed by atoms with Gasteiger partial charge in [0.25, 0.3) is 0 Å². The van der Waals surface area contributed by atoms with Crippen LogP contribution in [0.4, 0.5) is 8.78 Å². The predicted molar refractivity (Wildman–Crippen MR) is 87.0 cm³/mol. The summed E-state index contributed by atoms with van der Waals surface area (Å²) in [6.45, 7) is 4.69. The van der Waals surface area contributed by atoms with Crippen molar-refractivity contribution >= 4 is 11.8 Å². The van der Waals surface area contributed by atoms with E-state index < -0.39 is 11.6 Å².